The summed E-state index contributed by atoms with van der Waals surface area (Å²) >= 11 is 0. The number of fused-ring (bicyclic) bond motifs is 1. The Morgan fingerprint density at radius 1 is 1.50 bits per heavy atom. The molecule has 3 N–H and O–H groups in total. The summed E-state index contributed by atoms with van der Waals surface area (Å²) in [6.45, 7) is 0. The molecule has 0 aliphatic heterocycles. The topological polar surface area (TPSA) is 88.8 Å². The summed E-state index contributed by atoms with van der Waals surface area (Å²) in [5, 5.41) is 0.365. The highest BCUT2D eigenvalue weighted by molar-refractivity contribution is 5.95. The van der Waals surface area contributed by atoms with Crippen LogP contribution in [0.4, 0.5) is 0 Å². The van der Waals surface area contributed by atoms with Crippen LogP contribution >= 0.6 is 0 Å². The lowest BCUT2D eigenvalue weighted by Crippen LogP contribution is -2.22. The van der Waals surface area contributed by atoms with Crippen LogP contribution in [0.15, 0.2) is 29.5 Å². The first kappa shape index (κ1) is 8.43. The number of hydrogen-bond donors (Lipinski definition) is 2. The first-order valence-corrected chi connectivity index (χ1v) is 3.95. The summed E-state index contributed by atoms with van der Waals surface area (Å²) in [7, 11) is 0. The number of hydrogen-bond acceptors (Lipinski definition) is 3. The van der Waals surface area contributed by atoms with Gasteiger partial charge >= 0.3 is 0 Å². The fraction of sp³-hybridized carbons (Fsp3) is 0. The maximum atomic E-state index is 11.6. The highest BCUT2D eigenvalue weighted by Gasteiger charge is 2.08. The van der Waals surface area contributed by atoms with Crippen LogP contribution < -0.4 is 11.2 Å². The lowest BCUT2D eigenvalue weighted by Gasteiger charge is -1.98. The Morgan fingerprint density at radius 2 is 2.29 bits per heavy atom. The Labute approximate surface area is 78.6 Å². The molecule has 14 heavy (non-hydrogen) atoms. The van der Waals surface area contributed by atoms with Gasteiger partial charge in [-0.2, -0.15) is 0 Å². The first-order chi connectivity index (χ1) is 6.70. The highest BCUT2D eigenvalue weighted by Crippen LogP contribution is 2.04. The maximum absolute atomic E-state index is 11.6. The van der Waals surface area contributed by atoms with Crippen molar-refractivity contribution in [3.05, 3.63) is 40.4 Å². The highest BCUT2D eigenvalue weighted by atomic mass is 16.2. The van der Waals surface area contributed by atoms with E-state index in [1.54, 1.807) is 12.3 Å². The molecular weight excluding hydrogens is 182 g/mol. The molecule has 0 radical (unpaired) electrons. The van der Waals surface area contributed by atoms with Crippen LogP contribution in [0, 0.1) is 0 Å². The number of H-pyrrole nitrogens is 1. The minimum Gasteiger partial charge on any atom is -0.365 e. The van der Waals surface area contributed by atoms with Crippen molar-refractivity contribution in [2.75, 3.05) is 0 Å². The normalized spacial score (nSPS) is 10.3. The molecule has 0 fully saturated rings. The van der Waals surface area contributed by atoms with Gasteiger partial charge < -0.3 is 10.7 Å². The van der Waals surface area contributed by atoms with Crippen LogP contribution in [0.2, 0.25) is 0 Å². The number of pyridine rings is 2. The monoisotopic (exact) mass is 189 g/mol. The van der Waals surface area contributed by atoms with Crippen LogP contribution in [0.5, 0.6) is 0 Å². The SMILES string of the molecule is NC(=O)c1c[nH]c2ccncc2c1=O. The van der Waals surface area contributed by atoms with Crippen molar-refractivity contribution < 1.29 is 4.79 Å². The summed E-state index contributed by atoms with van der Waals surface area (Å²) in [6, 6.07) is 1.65. The van der Waals surface area contributed by atoms with E-state index in [1.807, 2.05) is 0 Å². The van der Waals surface area contributed by atoms with Gasteiger partial charge in [0.05, 0.1) is 10.9 Å². The summed E-state index contributed by atoms with van der Waals surface area (Å²) in [5.41, 5.74) is 5.22. The van der Waals surface area contributed by atoms with Gasteiger partial charge in [-0.05, 0) is 6.07 Å². The van der Waals surface area contributed by atoms with Crippen molar-refractivity contribution in [2.45, 2.75) is 0 Å². The third-order valence-corrected chi connectivity index (χ3v) is 1.95. The van der Waals surface area contributed by atoms with Gasteiger partial charge in [-0.25, -0.2) is 0 Å². The molecule has 2 heterocycles. The Kier molecular flexibility index (Phi) is 1.78. The molecule has 0 aliphatic rings. The molecule has 2 rings (SSSR count). The Morgan fingerprint density at radius 3 is 3.00 bits per heavy atom. The van der Waals surface area contributed by atoms with E-state index in [4.69, 9.17) is 5.73 Å². The standard InChI is InChI=1S/C9H7N3O2/c10-9(14)6-4-12-7-1-2-11-3-5(7)8(6)13/h1-4H,(H2,10,14)(H,12,13). The quantitative estimate of drug-likeness (QED) is 0.662. The van der Waals surface area contributed by atoms with E-state index >= 15 is 0 Å². The number of rotatable bonds is 1. The largest absolute Gasteiger partial charge is 0.365 e. The van der Waals surface area contributed by atoms with E-state index in [2.05, 4.69) is 9.97 Å². The Hall–Kier alpha value is -2.17. The van der Waals surface area contributed by atoms with E-state index in [0.717, 1.165) is 0 Å². The number of amides is 1. The van der Waals surface area contributed by atoms with Gasteiger partial charge in [-0.1, -0.05) is 0 Å². The van der Waals surface area contributed by atoms with Gasteiger partial charge in [-0.3, -0.25) is 14.6 Å². The van der Waals surface area contributed by atoms with Crippen molar-refractivity contribution in [3.8, 4) is 0 Å². The number of nitrogens with one attached hydrogen (secondary N) is 1. The minimum absolute atomic E-state index is 0.0505. The fourth-order valence-corrected chi connectivity index (χ4v) is 1.24. The molecule has 0 aromatic carbocycles. The number of nitrogens with zero attached hydrogens (tertiary/aromatic N) is 1. The number of carbonyl (C=O) groups excluding carboxylic acids is 1. The maximum Gasteiger partial charge on any atom is 0.254 e. The zero-order chi connectivity index (χ0) is 10.1. The van der Waals surface area contributed by atoms with E-state index in [-0.39, 0.29) is 11.0 Å². The summed E-state index contributed by atoms with van der Waals surface area (Å²) < 4.78 is 0. The summed E-state index contributed by atoms with van der Waals surface area (Å²) in [5.74, 6) is -0.739. The van der Waals surface area contributed by atoms with Gasteiger partial charge in [0.25, 0.3) is 5.91 Å². The lowest BCUT2D eigenvalue weighted by molar-refractivity contribution is 0.0999. The molecule has 2 aromatic heterocycles. The average molecular weight is 189 g/mol. The number of aromatic amines is 1. The van der Waals surface area contributed by atoms with E-state index in [9.17, 15) is 9.59 Å². The predicted molar refractivity (Wildman–Crippen MR) is 50.9 cm³/mol. The van der Waals surface area contributed by atoms with E-state index in [1.165, 1.54) is 12.4 Å². The zero-order valence-electron chi connectivity index (χ0n) is 7.15. The van der Waals surface area contributed by atoms with Crippen LogP contribution in [0.25, 0.3) is 10.9 Å². The zero-order valence-corrected chi connectivity index (χ0v) is 7.15. The molecule has 0 spiro atoms. The summed E-state index contributed by atoms with van der Waals surface area (Å²) in [4.78, 5) is 29.1. The second-order valence-corrected chi connectivity index (χ2v) is 2.82. The molecule has 0 saturated carbocycles. The second kappa shape index (κ2) is 2.95. The molecule has 1 amide bonds. The molecule has 0 bridgehead atoms. The Bertz CT molecular complexity index is 559. The van der Waals surface area contributed by atoms with Gasteiger partial charge in [0.2, 0.25) is 5.43 Å². The van der Waals surface area contributed by atoms with Gasteiger partial charge in [0, 0.05) is 18.6 Å². The molecule has 0 unspecified atom stereocenters. The van der Waals surface area contributed by atoms with Gasteiger partial charge in [0.15, 0.2) is 0 Å². The van der Waals surface area contributed by atoms with E-state index in [0.29, 0.717) is 10.9 Å². The Balaban J connectivity index is 2.89. The number of aromatic nitrogens is 2. The number of carbonyl (C=O) groups is 1. The number of primary amides is 1. The average Bonchev–Trinajstić information content (AvgIpc) is 2.18. The van der Waals surface area contributed by atoms with Crippen LogP contribution in [-0.4, -0.2) is 15.9 Å². The first-order valence-electron chi connectivity index (χ1n) is 3.95. The smallest absolute Gasteiger partial charge is 0.254 e. The molecule has 5 heteroatoms. The molecule has 0 atom stereocenters. The molecular formula is C9H7N3O2. The molecule has 70 valence electrons. The lowest BCUT2D eigenvalue weighted by atomic mass is 10.2. The molecule has 0 saturated heterocycles. The number of nitrogens with two attached hydrogens (primary N) is 1. The third kappa shape index (κ3) is 1.15. The predicted octanol–water partition coefficient (Wildman–Crippen LogP) is 0.0220. The van der Waals surface area contributed by atoms with Crippen molar-refractivity contribution >= 4 is 16.8 Å². The van der Waals surface area contributed by atoms with Crippen LogP contribution in [0.1, 0.15) is 10.4 Å². The van der Waals surface area contributed by atoms with Crippen molar-refractivity contribution in [2.24, 2.45) is 5.73 Å². The van der Waals surface area contributed by atoms with Crippen LogP contribution in [-0.2, 0) is 0 Å². The minimum atomic E-state index is -0.739. The second-order valence-electron chi connectivity index (χ2n) is 2.82. The van der Waals surface area contributed by atoms with Gasteiger partial charge in [-0.15, -0.1) is 0 Å². The molecule has 5 nitrogen and oxygen atoms in total. The van der Waals surface area contributed by atoms with Crippen molar-refractivity contribution in [1.82, 2.24) is 9.97 Å². The van der Waals surface area contributed by atoms with Crippen molar-refractivity contribution in [3.63, 3.8) is 0 Å². The molecule has 2 aromatic rings. The van der Waals surface area contributed by atoms with E-state index < -0.39 is 5.91 Å². The third-order valence-electron chi connectivity index (χ3n) is 1.95. The summed E-state index contributed by atoms with van der Waals surface area (Å²) in [6.07, 6.45) is 4.27. The fourth-order valence-electron chi connectivity index (χ4n) is 1.24. The van der Waals surface area contributed by atoms with Crippen LogP contribution in [0.3, 0.4) is 0 Å². The van der Waals surface area contributed by atoms with Crippen molar-refractivity contribution in [1.29, 1.82) is 0 Å². The molecule has 0 aliphatic carbocycles. The van der Waals surface area contributed by atoms with Gasteiger partial charge in [0.1, 0.15) is 5.56 Å².